The van der Waals surface area contributed by atoms with Crippen LogP contribution in [0.1, 0.15) is 29.3 Å². The van der Waals surface area contributed by atoms with Crippen LogP contribution < -0.4 is 10.5 Å². The Morgan fingerprint density at radius 3 is 2.69 bits per heavy atom. The lowest BCUT2D eigenvalue weighted by Crippen LogP contribution is -2.06. The number of carbonyl (C=O) groups excluding carboxylic acids is 1. The van der Waals surface area contributed by atoms with Gasteiger partial charge in [0.25, 0.3) is 0 Å². The number of ether oxygens (including phenoxy) is 2. The van der Waals surface area contributed by atoms with E-state index in [2.05, 4.69) is 4.98 Å². The second-order valence-corrected chi connectivity index (χ2v) is 6.61. The van der Waals surface area contributed by atoms with E-state index in [1.807, 2.05) is 48.7 Å². The minimum atomic E-state index is -0.305. The first-order chi connectivity index (χ1) is 12.7. The monoisotopic (exact) mass is 368 g/mol. The number of aromatic nitrogens is 1. The zero-order valence-electron chi connectivity index (χ0n) is 14.5. The van der Waals surface area contributed by atoms with Gasteiger partial charge in [-0.3, -0.25) is 0 Å². The van der Waals surface area contributed by atoms with Crippen molar-refractivity contribution in [2.24, 2.45) is 0 Å². The molecule has 2 N–H and O–H groups in total. The first-order valence-electron chi connectivity index (χ1n) is 8.36. The molecule has 3 rings (SSSR count). The van der Waals surface area contributed by atoms with Crippen LogP contribution in [0.3, 0.4) is 0 Å². The van der Waals surface area contributed by atoms with Crippen LogP contribution in [0.2, 0.25) is 0 Å². The summed E-state index contributed by atoms with van der Waals surface area (Å²) >= 11 is 1.42. The van der Waals surface area contributed by atoms with E-state index in [1.165, 1.54) is 11.3 Å². The van der Waals surface area contributed by atoms with Gasteiger partial charge in [0.05, 0.1) is 17.9 Å². The van der Waals surface area contributed by atoms with Gasteiger partial charge in [0.15, 0.2) is 5.13 Å². The van der Waals surface area contributed by atoms with Crippen molar-refractivity contribution in [2.75, 3.05) is 12.3 Å². The van der Waals surface area contributed by atoms with Crippen LogP contribution in [0.25, 0.3) is 11.3 Å². The third kappa shape index (κ3) is 4.61. The minimum Gasteiger partial charge on any atom is -0.489 e. The molecule has 0 saturated carbocycles. The third-order valence-electron chi connectivity index (χ3n) is 3.68. The maximum absolute atomic E-state index is 11.9. The fraction of sp³-hybridized carbons (Fsp3) is 0.200. The molecule has 0 unspecified atom stereocenters. The number of anilines is 1. The average Bonchev–Trinajstić information content (AvgIpc) is 3.11. The van der Waals surface area contributed by atoms with Gasteiger partial charge in [-0.1, -0.05) is 19.1 Å². The van der Waals surface area contributed by atoms with Gasteiger partial charge in [0.2, 0.25) is 0 Å². The summed E-state index contributed by atoms with van der Waals surface area (Å²) in [6.07, 6.45) is 0.804. The van der Waals surface area contributed by atoms with Crippen molar-refractivity contribution >= 4 is 22.4 Å². The number of nitrogens with two attached hydrogens (primary N) is 1. The predicted molar refractivity (Wildman–Crippen MR) is 103 cm³/mol. The Bertz CT molecular complexity index is 875. The van der Waals surface area contributed by atoms with Gasteiger partial charge >= 0.3 is 5.97 Å². The molecule has 1 aromatic heterocycles. The van der Waals surface area contributed by atoms with Crippen molar-refractivity contribution in [3.05, 3.63) is 65.0 Å². The Balaban J connectivity index is 1.61. The molecule has 3 aromatic rings. The van der Waals surface area contributed by atoms with E-state index in [-0.39, 0.29) is 5.97 Å². The Hall–Kier alpha value is -2.86. The van der Waals surface area contributed by atoms with E-state index in [0.29, 0.717) is 23.9 Å². The molecule has 0 radical (unpaired) electrons. The number of nitrogens with zero attached hydrogens (tertiary/aromatic N) is 1. The summed E-state index contributed by atoms with van der Waals surface area (Å²) in [5, 5.41) is 2.48. The molecule has 0 bridgehead atoms. The van der Waals surface area contributed by atoms with Crippen molar-refractivity contribution in [2.45, 2.75) is 20.0 Å². The normalized spacial score (nSPS) is 10.5. The number of carbonyl (C=O) groups is 1. The molecule has 0 aliphatic heterocycles. The van der Waals surface area contributed by atoms with Crippen molar-refractivity contribution in [1.29, 1.82) is 0 Å². The number of esters is 1. The predicted octanol–water partition coefficient (Wildman–Crippen LogP) is 4.54. The highest BCUT2D eigenvalue weighted by Gasteiger charge is 2.08. The molecule has 0 fully saturated rings. The van der Waals surface area contributed by atoms with E-state index in [0.717, 1.165) is 29.0 Å². The molecule has 0 aliphatic carbocycles. The summed E-state index contributed by atoms with van der Waals surface area (Å²) in [5.41, 5.74) is 8.97. The number of hydrogen-bond acceptors (Lipinski definition) is 6. The zero-order chi connectivity index (χ0) is 18.4. The van der Waals surface area contributed by atoms with E-state index >= 15 is 0 Å². The second-order valence-electron chi connectivity index (χ2n) is 5.72. The molecule has 0 aliphatic rings. The first kappa shape index (κ1) is 17.9. The number of hydrogen-bond donors (Lipinski definition) is 1. The van der Waals surface area contributed by atoms with E-state index in [9.17, 15) is 4.79 Å². The molecule has 0 saturated heterocycles. The largest absolute Gasteiger partial charge is 0.489 e. The van der Waals surface area contributed by atoms with Crippen molar-refractivity contribution in [3.8, 4) is 17.0 Å². The Kier molecular flexibility index (Phi) is 5.86. The molecule has 2 aromatic carbocycles. The quantitative estimate of drug-likeness (QED) is 0.620. The molecule has 0 atom stereocenters. The Morgan fingerprint density at radius 1 is 1.19 bits per heavy atom. The lowest BCUT2D eigenvalue weighted by molar-refractivity contribution is 0.0505. The maximum atomic E-state index is 11.9. The minimum absolute atomic E-state index is 0.305. The van der Waals surface area contributed by atoms with Gasteiger partial charge < -0.3 is 15.2 Å². The summed E-state index contributed by atoms with van der Waals surface area (Å²) in [6.45, 7) is 2.76. The van der Waals surface area contributed by atoms with E-state index in [1.54, 1.807) is 12.1 Å². The van der Waals surface area contributed by atoms with Gasteiger partial charge in [-0.25, -0.2) is 9.78 Å². The summed E-state index contributed by atoms with van der Waals surface area (Å²) in [6, 6.07) is 15.0. The Labute approximate surface area is 156 Å². The van der Waals surface area contributed by atoms with Crippen LogP contribution >= 0.6 is 11.3 Å². The van der Waals surface area contributed by atoms with Gasteiger partial charge in [-0.15, -0.1) is 11.3 Å². The highest BCUT2D eigenvalue weighted by atomic mass is 32.1. The summed E-state index contributed by atoms with van der Waals surface area (Å²) in [5.74, 6) is 0.441. The molecule has 5 nitrogen and oxygen atoms in total. The van der Waals surface area contributed by atoms with Crippen LogP contribution in [0, 0.1) is 0 Å². The van der Waals surface area contributed by atoms with Crippen molar-refractivity contribution in [3.63, 3.8) is 0 Å². The lowest BCUT2D eigenvalue weighted by Gasteiger charge is -2.08. The molecule has 1 heterocycles. The van der Waals surface area contributed by atoms with Gasteiger partial charge in [0, 0.05) is 10.9 Å². The van der Waals surface area contributed by atoms with Crippen LogP contribution in [-0.4, -0.2) is 17.6 Å². The summed E-state index contributed by atoms with van der Waals surface area (Å²) in [7, 11) is 0. The third-order valence-corrected chi connectivity index (χ3v) is 4.35. The Morgan fingerprint density at radius 2 is 2.00 bits per heavy atom. The SMILES string of the molecule is CCCOC(=O)c1cccc(COc2ccc(-c3csc(N)n3)cc2)c1. The molecule has 6 heteroatoms. The zero-order valence-corrected chi connectivity index (χ0v) is 15.3. The number of thiazole rings is 1. The molecular formula is C20H20N2O3S. The maximum Gasteiger partial charge on any atom is 0.338 e. The van der Waals surface area contributed by atoms with Gasteiger partial charge in [-0.05, 0) is 48.4 Å². The standard InChI is InChI=1S/C20H20N2O3S/c1-2-10-24-19(23)16-5-3-4-14(11-16)12-25-17-8-6-15(7-9-17)18-13-26-20(21)22-18/h3-9,11,13H,2,10,12H2,1H3,(H2,21,22). The molecule has 134 valence electrons. The van der Waals surface area contributed by atoms with Crippen LogP contribution in [0.15, 0.2) is 53.9 Å². The topological polar surface area (TPSA) is 74.4 Å². The van der Waals surface area contributed by atoms with Crippen molar-refractivity contribution < 1.29 is 14.3 Å². The van der Waals surface area contributed by atoms with Crippen molar-refractivity contribution in [1.82, 2.24) is 4.98 Å². The number of rotatable bonds is 7. The number of nitrogen functional groups attached to an aromatic ring is 1. The molecular weight excluding hydrogens is 348 g/mol. The summed E-state index contributed by atoms with van der Waals surface area (Å²) < 4.78 is 11.0. The second kappa shape index (κ2) is 8.49. The fourth-order valence-corrected chi connectivity index (χ4v) is 2.95. The first-order valence-corrected chi connectivity index (χ1v) is 9.24. The molecule has 0 amide bonds. The van der Waals surface area contributed by atoms with Crippen LogP contribution in [0.4, 0.5) is 5.13 Å². The smallest absolute Gasteiger partial charge is 0.338 e. The van der Waals surface area contributed by atoms with E-state index < -0.39 is 0 Å². The molecule has 26 heavy (non-hydrogen) atoms. The summed E-state index contributed by atoms with van der Waals surface area (Å²) in [4.78, 5) is 16.2. The van der Waals surface area contributed by atoms with Gasteiger partial charge in [-0.2, -0.15) is 0 Å². The van der Waals surface area contributed by atoms with Gasteiger partial charge in [0.1, 0.15) is 12.4 Å². The lowest BCUT2D eigenvalue weighted by atomic mass is 10.1. The molecule has 0 spiro atoms. The highest BCUT2D eigenvalue weighted by Crippen LogP contribution is 2.25. The number of benzene rings is 2. The fourth-order valence-electron chi connectivity index (χ4n) is 2.37. The van der Waals surface area contributed by atoms with E-state index in [4.69, 9.17) is 15.2 Å². The van der Waals surface area contributed by atoms with Crippen LogP contribution in [0.5, 0.6) is 5.75 Å². The van der Waals surface area contributed by atoms with Crippen LogP contribution in [-0.2, 0) is 11.3 Å². The average molecular weight is 368 g/mol. The highest BCUT2D eigenvalue weighted by molar-refractivity contribution is 7.13.